The van der Waals surface area contributed by atoms with Crippen LogP contribution in [0.1, 0.15) is 0 Å². The summed E-state index contributed by atoms with van der Waals surface area (Å²) >= 11 is 0. The lowest BCUT2D eigenvalue weighted by Crippen LogP contribution is -2.21. The summed E-state index contributed by atoms with van der Waals surface area (Å²) in [4.78, 5) is 0. The Balaban J connectivity index is 0. The van der Waals surface area contributed by atoms with E-state index >= 15 is 0 Å². The van der Waals surface area contributed by atoms with Crippen LogP contribution in [0, 0.1) is 0 Å². The monoisotopic (exact) mass is 352 g/mol. The highest BCUT2D eigenvalue weighted by atomic mass is 33.1. The smallest absolute Gasteiger partial charge is 0.279 e. The highest BCUT2D eigenvalue weighted by Gasteiger charge is 2.44. The van der Waals surface area contributed by atoms with Gasteiger partial charge in [0.2, 0.25) is 0 Å². The maximum absolute atomic E-state index is 11.0. The summed E-state index contributed by atoms with van der Waals surface area (Å²) < 4.78 is 124. The molecule has 0 saturated heterocycles. The van der Waals surface area contributed by atoms with Crippen LogP contribution in [0.2, 0.25) is 0 Å². The topological polar surface area (TPSA) is 54.4 Å². The van der Waals surface area contributed by atoms with E-state index in [9.17, 15) is 39.5 Å². The van der Waals surface area contributed by atoms with E-state index in [4.69, 9.17) is 13.0 Å². The van der Waals surface area contributed by atoms with E-state index in [0.29, 0.717) is 0 Å². The van der Waals surface area contributed by atoms with Crippen molar-refractivity contribution in [3.63, 3.8) is 0 Å². The van der Waals surface area contributed by atoms with Crippen molar-refractivity contribution in [2.75, 3.05) is 0 Å². The lowest BCUT2D eigenvalue weighted by Gasteiger charge is -2.05. The molecule has 0 bridgehead atoms. The molecule has 0 amide bonds. The molecule has 0 aliphatic carbocycles. The number of hydrogen-bond donors (Lipinski definition) is 1. The quantitative estimate of drug-likeness (QED) is 0.337. The van der Waals surface area contributed by atoms with Gasteiger partial charge in [-0.05, 0) is 0 Å². The molecule has 0 aromatic rings. The Morgan fingerprint density at radius 1 is 0.722 bits per heavy atom. The molecule has 0 aromatic heterocycles. The molecule has 0 rings (SSSR count). The molecule has 0 fully saturated rings. The van der Waals surface area contributed by atoms with Crippen LogP contribution in [0.15, 0.2) is 0 Å². The molecular weight excluding hydrogens is 351 g/mol. The van der Waals surface area contributed by atoms with Gasteiger partial charge in [-0.2, -0.15) is 47.9 Å². The minimum atomic E-state index is -5.84. The number of alkyl halides is 9. The molecule has 18 heavy (non-hydrogen) atoms. The Labute approximate surface area is 101 Å². The first-order valence-electron chi connectivity index (χ1n) is 3.00. The molecule has 0 atom stereocenters. The van der Waals surface area contributed by atoms with Gasteiger partial charge in [0.05, 0.1) is 0 Å². The average Bonchev–Trinajstić information content (AvgIpc) is 1.95. The van der Waals surface area contributed by atoms with Gasteiger partial charge in [-0.25, -0.2) is 0 Å². The molecule has 1 N–H and O–H groups in total. The van der Waals surface area contributed by atoms with Crippen LogP contribution in [0.5, 0.6) is 0 Å². The minimum Gasteiger partial charge on any atom is -0.279 e. The van der Waals surface area contributed by atoms with E-state index in [1.807, 2.05) is 0 Å². The largest absolute Gasteiger partial charge is 0.522 e. The molecule has 0 aliphatic rings. The van der Waals surface area contributed by atoms with Gasteiger partial charge < -0.3 is 0 Å². The summed E-state index contributed by atoms with van der Waals surface area (Å²) in [5.41, 5.74) is -15.2. The van der Waals surface area contributed by atoms with Crippen molar-refractivity contribution >= 4 is 31.7 Å². The Hall–Kier alpha value is -0.0200. The fraction of sp³-hybridized carbons (Fsp3) is 1.00. The molecule has 112 valence electrons. The Morgan fingerprint density at radius 3 is 0.944 bits per heavy atom. The van der Waals surface area contributed by atoms with Gasteiger partial charge in [0.1, 0.15) is 0 Å². The summed E-state index contributed by atoms with van der Waals surface area (Å²) in [7, 11) is -8.18. The molecule has 0 heterocycles. The predicted octanol–water partition coefficient (Wildman–Crippen LogP) is 3.80. The van der Waals surface area contributed by atoms with Crippen LogP contribution in [-0.4, -0.2) is 29.5 Å². The van der Waals surface area contributed by atoms with Gasteiger partial charge in [0, 0.05) is 21.6 Å². The van der Waals surface area contributed by atoms with Crippen LogP contribution in [-0.2, 0) is 10.1 Å². The third-order valence-electron chi connectivity index (χ3n) is 0.523. The number of rotatable bonds is 1. The van der Waals surface area contributed by atoms with Crippen molar-refractivity contribution in [1.29, 1.82) is 0 Å². The molecule has 15 heteroatoms. The summed E-state index contributed by atoms with van der Waals surface area (Å²) in [5, 5.41) is 0. The third-order valence-corrected chi connectivity index (χ3v) is 2.95. The van der Waals surface area contributed by atoms with Crippen molar-refractivity contribution < 1.29 is 52.5 Å². The Morgan fingerprint density at radius 2 is 0.889 bits per heavy atom. The summed E-state index contributed by atoms with van der Waals surface area (Å²) in [6.07, 6.45) is 0. The van der Waals surface area contributed by atoms with Crippen molar-refractivity contribution in [3.05, 3.63) is 0 Å². The van der Waals surface area contributed by atoms with Crippen LogP contribution in [0.3, 0.4) is 0 Å². The molecule has 0 aliphatic heterocycles. The first-order chi connectivity index (χ1) is 7.46. The highest BCUT2D eigenvalue weighted by Crippen LogP contribution is 2.48. The molecule has 0 aromatic carbocycles. The fourth-order valence-corrected chi connectivity index (χ4v) is 0.850. The van der Waals surface area contributed by atoms with E-state index < -0.39 is 48.2 Å². The van der Waals surface area contributed by atoms with E-state index in [2.05, 4.69) is 0 Å². The first kappa shape index (κ1) is 20.3. The maximum atomic E-state index is 11.0. The van der Waals surface area contributed by atoms with Crippen LogP contribution < -0.4 is 0 Å². The lowest BCUT2D eigenvalue weighted by molar-refractivity contribution is -0.0510. The predicted molar refractivity (Wildman–Crippen MR) is 44.9 cm³/mol. The Bertz CT molecular complexity index is 323. The van der Waals surface area contributed by atoms with Gasteiger partial charge >= 0.3 is 26.6 Å². The van der Waals surface area contributed by atoms with E-state index in [1.54, 1.807) is 0 Å². The number of hydrogen-bond acceptors (Lipinski definition) is 4. The molecule has 3 nitrogen and oxygen atoms in total. The van der Waals surface area contributed by atoms with Crippen molar-refractivity contribution in [2.24, 2.45) is 0 Å². The second-order valence-electron chi connectivity index (χ2n) is 1.98. The lowest BCUT2D eigenvalue weighted by atomic mass is 11.6. The van der Waals surface area contributed by atoms with Crippen LogP contribution >= 0.6 is 21.6 Å². The zero-order chi connectivity index (χ0) is 15.4. The molecular formula is C3HF9O3S3. The molecule has 0 spiro atoms. The Kier molecular flexibility index (Phi) is 7.25. The van der Waals surface area contributed by atoms with E-state index in [1.165, 1.54) is 0 Å². The third kappa shape index (κ3) is 14.0. The van der Waals surface area contributed by atoms with Gasteiger partial charge in [0.25, 0.3) is 0 Å². The molecule has 0 saturated carbocycles. The molecule has 0 unspecified atom stereocenters. The van der Waals surface area contributed by atoms with Crippen LogP contribution in [0.25, 0.3) is 0 Å². The SMILES string of the molecule is FC(F)(F)SSC(F)(F)F.O=S(=O)(O)C(F)(F)F. The average molecular weight is 352 g/mol. The van der Waals surface area contributed by atoms with Crippen LogP contribution in [0.4, 0.5) is 39.5 Å². The minimum absolute atomic E-state index is 1.17. The second kappa shape index (κ2) is 6.42. The summed E-state index contributed by atoms with van der Waals surface area (Å²) in [6.45, 7) is 0. The van der Waals surface area contributed by atoms with Crippen molar-refractivity contribution in [2.45, 2.75) is 16.5 Å². The van der Waals surface area contributed by atoms with Gasteiger partial charge in [-0.1, -0.05) is 0 Å². The van der Waals surface area contributed by atoms with Gasteiger partial charge in [0.15, 0.2) is 0 Å². The van der Waals surface area contributed by atoms with E-state index in [-0.39, 0.29) is 0 Å². The highest BCUT2D eigenvalue weighted by molar-refractivity contribution is 8.77. The fourth-order valence-electron chi connectivity index (χ4n) is 0.0945. The summed E-state index contributed by atoms with van der Waals surface area (Å²) in [6, 6.07) is 0. The summed E-state index contributed by atoms with van der Waals surface area (Å²) in [5.74, 6) is 0. The molecule has 0 radical (unpaired) electrons. The number of halogens is 9. The van der Waals surface area contributed by atoms with Crippen molar-refractivity contribution in [1.82, 2.24) is 0 Å². The second-order valence-corrected chi connectivity index (χ2v) is 5.65. The zero-order valence-corrected chi connectivity index (χ0v) is 9.84. The van der Waals surface area contributed by atoms with Gasteiger partial charge in [-0.3, -0.25) is 4.55 Å². The van der Waals surface area contributed by atoms with Crippen molar-refractivity contribution in [3.8, 4) is 0 Å². The van der Waals surface area contributed by atoms with Gasteiger partial charge in [-0.15, -0.1) is 0 Å². The first-order valence-corrected chi connectivity index (χ1v) is 6.59. The maximum Gasteiger partial charge on any atom is 0.522 e. The normalized spacial score (nSPS) is 13.9. The van der Waals surface area contributed by atoms with E-state index in [0.717, 1.165) is 0 Å². The standard InChI is InChI=1S/C2F6S2.CHF3O3S/c3-1(4,5)9-10-2(6,7)8;2-1(3,4)8(5,6)7/h;(H,5,6,7). The zero-order valence-electron chi connectivity index (χ0n) is 7.39.